The number of para-hydroxylation sites is 1. The Hall–Kier alpha value is -6.74. The van der Waals surface area contributed by atoms with E-state index in [0.29, 0.717) is 0 Å². The molecule has 0 radical (unpaired) electrons. The largest absolute Gasteiger partial charge is 0.456 e. The van der Waals surface area contributed by atoms with Gasteiger partial charge in [-0.1, -0.05) is 146 Å². The Kier molecular flexibility index (Phi) is 6.28. The standard InChI is InChI=1S/C52H30OS/c1-2-15-36-31(11-1)12-10-21-37(36)32-13-9-14-34(27-32)50-39-17-3-5-19-41(39)51(42-20-6-4-18-40(42)50)35-23-25-43-49(29-35)54-48-26-24-33-28-47-45(30-44(33)52(43)48)38-16-7-8-22-46(38)53-47/h1-30H. The molecule has 0 amide bonds. The number of fused-ring (bicyclic) bond motifs is 11. The molecule has 2 aromatic heterocycles. The van der Waals surface area contributed by atoms with Gasteiger partial charge in [0.2, 0.25) is 0 Å². The summed E-state index contributed by atoms with van der Waals surface area (Å²) in [5, 5.41) is 15.0. The van der Waals surface area contributed by atoms with Crippen molar-refractivity contribution in [2.24, 2.45) is 0 Å². The van der Waals surface area contributed by atoms with Gasteiger partial charge in [0, 0.05) is 30.9 Å². The van der Waals surface area contributed by atoms with E-state index in [-0.39, 0.29) is 0 Å². The van der Waals surface area contributed by atoms with Crippen molar-refractivity contribution in [3.05, 3.63) is 182 Å². The van der Waals surface area contributed by atoms with Crippen molar-refractivity contribution < 1.29 is 4.42 Å². The van der Waals surface area contributed by atoms with E-state index < -0.39 is 0 Å². The highest BCUT2D eigenvalue weighted by Crippen LogP contribution is 2.47. The van der Waals surface area contributed by atoms with Crippen molar-refractivity contribution in [1.29, 1.82) is 0 Å². The van der Waals surface area contributed by atoms with E-state index in [1.807, 2.05) is 17.4 Å². The number of hydrogen-bond acceptors (Lipinski definition) is 2. The monoisotopic (exact) mass is 702 g/mol. The Morgan fingerprint density at radius 1 is 0.315 bits per heavy atom. The molecule has 0 saturated carbocycles. The van der Waals surface area contributed by atoms with Gasteiger partial charge in [0.1, 0.15) is 11.2 Å². The van der Waals surface area contributed by atoms with Crippen LogP contribution in [0.1, 0.15) is 0 Å². The Labute approximate surface area is 314 Å². The minimum atomic E-state index is 0.932. The topological polar surface area (TPSA) is 13.1 Å². The lowest BCUT2D eigenvalue weighted by atomic mass is 9.85. The second-order valence-corrected chi connectivity index (χ2v) is 15.5. The number of hydrogen-bond donors (Lipinski definition) is 0. The first-order valence-corrected chi connectivity index (χ1v) is 19.3. The summed E-state index contributed by atoms with van der Waals surface area (Å²) >= 11 is 1.88. The molecule has 0 fully saturated rings. The predicted molar refractivity (Wildman–Crippen MR) is 233 cm³/mol. The zero-order valence-corrected chi connectivity index (χ0v) is 30.0. The molecule has 0 bridgehead atoms. The van der Waals surface area contributed by atoms with Crippen molar-refractivity contribution in [1.82, 2.24) is 0 Å². The van der Waals surface area contributed by atoms with Crippen molar-refractivity contribution in [2.45, 2.75) is 0 Å². The average molecular weight is 703 g/mol. The van der Waals surface area contributed by atoms with E-state index in [4.69, 9.17) is 4.42 Å². The number of benzene rings is 10. The maximum Gasteiger partial charge on any atom is 0.136 e. The third-order valence-corrected chi connectivity index (χ3v) is 12.5. The lowest BCUT2D eigenvalue weighted by Gasteiger charge is -2.18. The van der Waals surface area contributed by atoms with E-state index in [2.05, 4.69) is 176 Å². The first kappa shape index (κ1) is 29.8. The van der Waals surface area contributed by atoms with Crippen LogP contribution in [0.5, 0.6) is 0 Å². The molecule has 0 N–H and O–H groups in total. The quantitative estimate of drug-likeness (QED) is 0.167. The summed E-state index contributed by atoms with van der Waals surface area (Å²) in [4.78, 5) is 0. The summed E-state index contributed by atoms with van der Waals surface area (Å²) in [6, 6.07) is 66.9. The van der Waals surface area contributed by atoms with E-state index in [9.17, 15) is 0 Å². The molecule has 12 rings (SSSR count). The molecule has 2 heterocycles. The van der Waals surface area contributed by atoms with Crippen molar-refractivity contribution in [3.63, 3.8) is 0 Å². The predicted octanol–water partition coefficient (Wildman–Crippen LogP) is 15.6. The van der Waals surface area contributed by atoms with Crippen molar-refractivity contribution in [3.8, 4) is 33.4 Å². The van der Waals surface area contributed by atoms with E-state index in [1.165, 1.54) is 102 Å². The molecular formula is C52H30OS. The second kappa shape index (κ2) is 11.4. The van der Waals surface area contributed by atoms with Crippen LogP contribution in [0, 0.1) is 0 Å². The number of rotatable bonds is 3. The summed E-state index contributed by atoms with van der Waals surface area (Å²) < 4.78 is 8.86. The Balaban J connectivity index is 1.07. The second-order valence-electron chi connectivity index (χ2n) is 14.4. The summed E-state index contributed by atoms with van der Waals surface area (Å²) in [6.07, 6.45) is 0. The first-order chi connectivity index (χ1) is 26.8. The van der Waals surface area contributed by atoms with E-state index in [1.54, 1.807) is 0 Å². The summed E-state index contributed by atoms with van der Waals surface area (Å²) in [5.41, 5.74) is 9.38. The molecule has 0 unspecified atom stereocenters. The maximum atomic E-state index is 6.26. The third-order valence-electron chi connectivity index (χ3n) is 11.4. The highest BCUT2D eigenvalue weighted by Gasteiger charge is 2.19. The van der Waals surface area contributed by atoms with Gasteiger partial charge < -0.3 is 4.42 Å². The highest BCUT2D eigenvalue weighted by molar-refractivity contribution is 7.26. The van der Waals surface area contributed by atoms with Crippen molar-refractivity contribution >= 4 is 96.5 Å². The molecule has 0 spiro atoms. The molecule has 12 aromatic rings. The SMILES string of the molecule is c1cc(-c2cccc3ccccc23)cc(-c2c3ccccc3c(-c3ccc4c(c3)sc3ccc5cc6oc7ccccc7c6cc5c34)c3ccccc23)c1. The Bertz CT molecular complexity index is 3450. The molecule has 54 heavy (non-hydrogen) atoms. The zero-order chi connectivity index (χ0) is 35.3. The molecule has 0 aliphatic carbocycles. The normalized spacial score (nSPS) is 12.1. The maximum absolute atomic E-state index is 6.26. The minimum Gasteiger partial charge on any atom is -0.456 e. The van der Waals surface area contributed by atoms with Gasteiger partial charge in [0.25, 0.3) is 0 Å². The fraction of sp³-hybridized carbons (Fsp3) is 0. The third kappa shape index (κ3) is 4.32. The van der Waals surface area contributed by atoms with Gasteiger partial charge in [-0.3, -0.25) is 0 Å². The number of furan rings is 1. The van der Waals surface area contributed by atoms with Crippen LogP contribution in [0.3, 0.4) is 0 Å². The smallest absolute Gasteiger partial charge is 0.136 e. The molecule has 1 nitrogen and oxygen atoms in total. The van der Waals surface area contributed by atoms with Gasteiger partial charge in [0.15, 0.2) is 0 Å². The summed E-state index contributed by atoms with van der Waals surface area (Å²) in [5.74, 6) is 0. The lowest BCUT2D eigenvalue weighted by molar-refractivity contribution is 0.669. The molecule has 2 heteroatoms. The lowest BCUT2D eigenvalue weighted by Crippen LogP contribution is -1.91. The minimum absolute atomic E-state index is 0.932. The van der Waals surface area contributed by atoms with E-state index >= 15 is 0 Å². The van der Waals surface area contributed by atoms with Crippen LogP contribution < -0.4 is 0 Å². The average Bonchev–Trinajstić information content (AvgIpc) is 3.79. The van der Waals surface area contributed by atoms with Crippen LogP contribution in [0.25, 0.3) is 119 Å². The van der Waals surface area contributed by atoms with Gasteiger partial charge in [0.05, 0.1) is 0 Å². The van der Waals surface area contributed by atoms with E-state index in [0.717, 1.165) is 16.6 Å². The van der Waals surface area contributed by atoms with Gasteiger partial charge in [-0.05, 0) is 113 Å². The number of thiophene rings is 1. The highest BCUT2D eigenvalue weighted by atomic mass is 32.1. The zero-order valence-electron chi connectivity index (χ0n) is 29.1. The van der Waals surface area contributed by atoms with Gasteiger partial charge in [-0.25, -0.2) is 0 Å². The first-order valence-electron chi connectivity index (χ1n) is 18.5. The van der Waals surface area contributed by atoms with Crippen LogP contribution in [0.4, 0.5) is 0 Å². The van der Waals surface area contributed by atoms with Crippen LogP contribution in [0.15, 0.2) is 186 Å². The summed E-state index contributed by atoms with van der Waals surface area (Å²) in [6.45, 7) is 0. The van der Waals surface area contributed by atoms with Crippen LogP contribution in [-0.4, -0.2) is 0 Å². The summed E-state index contributed by atoms with van der Waals surface area (Å²) in [7, 11) is 0. The molecule has 10 aromatic carbocycles. The van der Waals surface area contributed by atoms with Crippen LogP contribution in [0.2, 0.25) is 0 Å². The molecule has 250 valence electrons. The molecule has 0 aliphatic heterocycles. The molecule has 0 atom stereocenters. The Morgan fingerprint density at radius 2 is 0.944 bits per heavy atom. The molecule has 0 aliphatic rings. The van der Waals surface area contributed by atoms with Gasteiger partial charge in [-0.15, -0.1) is 11.3 Å². The van der Waals surface area contributed by atoms with Gasteiger partial charge in [-0.2, -0.15) is 0 Å². The van der Waals surface area contributed by atoms with Crippen LogP contribution >= 0.6 is 11.3 Å². The molecule has 0 saturated heterocycles. The fourth-order valence-electron chi connectivity index (χ4n) is 9.04. The van der Waals surface area contributed by atoms with Crippen LogP contribution in [-0.2, 0) is 0 Å². The van der Waals surface area contributed by atoms with Crippen molar-refractivity contribution in [2.75, 3.05) is 0 Å². The fourth-order valence-corrected chi connectivity index (χ4v) is 10.2. The Morgan fingerprint density at radius 3 is 1.72 bits per heavy atom. The van der Waals surface area contributed by atoms with Gasteiger partial charge >= 0.3 is 0 Å². The molecular weight excluding hydrogens is 673 g/mol.